The van der Waals surface area contributed by atoms with Crippen molar-refractivity contribution in [1.82, 2.24) is 9.21 Å². The van der Waals surface area contributed by atoms with Crippen LogP contribution in [0.15, 0.2) is 23.1 Å². The standard InChI is InChI=1S/C23H35N3O3S/c1-23(2)20-16-19(10-11-21(20)25(4)22(23)27)30(28,29)26-14-12-18(13-15-26)24(3)17-8-6-5-7-9-17/h10-11,16-18H,5-9,12-15H2,1-4H3. The predicted octanol–water partition coefficient (Wildman–Crippen LogP) is 3.36. The molecule has 7 heteroatoms. The molecule has 0 spiro atoms. The van der Waals surface area contributed by atoms with E-state index in [1.807, 2.05) is 13.8 Å². The number of anilines is 1. The highest BCUT2D eigenvalue weighted by Crippen LogP contribution is 2.42. The SMILES string of the molecule is CN1C(=O)C(C)(C)c2cc(S(=O)(=O)N3CCC(N(C)C4CCCCC4)CC3)ccc21. The molecule has 166 valence electrons. The first-order valence-corrected chi connectivity index (χ1v) is 12.7. The predicted molar refractivity (Wildman–Crippen MR) is 119 cm³/mol. The van der Waals surface area contributed by atoms with Crippen molar-refractivity contribution in [2.75, 3.05) is 32.1 Å². The molecular formula is C23H35N3O3S. The molecule has 1 aromatic rings. The first-order valence-electron chi connectivity index (χ1n) is 11.3. The van der Waals surface area contributed by atoms with Crippen molar-refractivity contribution in [2.24, 2.45) is 0 Å². The molecule has 0 N–H and O–H groups in total. The van der Waals surface area contributed by atoms with Crippen LogP contribution >= 0.6 is 0 Å². The smallest absolute Gasteiger partial charge is 0.243 e. The number of amides is 1. The van der Waals surface area contributed by atoms with Gasteiger partial charge in [-0.25, -0.2) is 8.42 Å². The molecule has 0 radical (unpaired) electrons. The van der Waals surface area contributed by atoms with Crippen molar-refractivity contribution in [3.8, 4) is 0 Å². The normalized spacial score (nSPS) is 23.9. The van der Waals surface area contributed by atoms with Gasteiger partial charge < -0.3 is 9.80 Å². The van der Waals surface area contributed by atoms with Crippen LogP contribution in [0.3, 0.4) is 0 Å². The van der Waals surface area contributed by atoms with Crippen molar-refractivity contribution < 1.29 is 13.2 Å². The van der Waals surface area contributed by atoms with Crippen molar-refractivity contribution in [1.29, 1.82) is 0 Å². The van der Waals surface area contributed by atoms with Gasteiger partial charge in [0.2, 0.25) is 15.9 Å². The van der Waals surface area contributed by atoms with E-state index < -0.39 is 15.4 Å². The Labute approximate surface area is 181 Å². The fraction of sp³-hybridized carbons (Fsp3) is 0.696. The van der Waals surface area contributed by atoms with Crippen molar-refractivity contribution in [2.45, 2.75) is 81.2 Å². The minimum atomic E-state index is -3.56. The van der Waals surface area contributed by atoms with Gasteiger partial charge in [-0.15, -0.1) is 0 Å². The average Bonchev–Trinajstić information content (AvgIpc) is 2.94. The fourth-order valence-corrected chi connectivity index (χ4v) is 7.03. The maximum Gasteiger partial charge on any atom is 0.243 e. The zero-order valence-electron chi connectivity index (χ0n) is 18.7. The number of piperidine rings is 1. The van der Waals surface area contributed by atoms with E-state index in [2.05, 4.69) is 11.9 Å². The minimum absolute atomic E-state index is 0.00129. The van der Waals surface area contributed by atoms with E-state index in [9.17, 15) is 13.2 Å². The zero-order valence-corrected chi connectivity index (χ0v) is 19.5. The second kappa shape index (κ2) is 7.92. The number of hydrogen-bond donors (Lipinski definition) is 0. The summed E-state index contributed by atoms with van der Waals surface area (Å²) in [6.07, 6.45) is 8.27. The summed E-state index contributed by atoms with van der Waals surface area (Å²) in [7, 11) is 0.413. The van der Waals surface area contributed by atoms with E-state index in [1.165, 1.54) is 32.1 Å². The molecule has 6 nitrogen and oxygen atoms in total. The van der Waals surface area contributed by atoms with Gasteiger partial charge in [0.25, 0.3) is 0 Å². The number of sulfonamides is 1. The first-order chi connectivity index (χ1) is 14.1. The van der Waals surface area contributed by atoms with Crippen LogP contribution in [0.4, 0.5) is 5.69 Å². The van der Waals surface area contributed by atoms with E-state index in [-0.39, 0.29) is 5.91 Å². The number of nitrogens with zero attached hydrogens (tertiary/aromatic N) is 3. The van der Waals surface area contributed by atoms with Crippen LogP contribution in [-0.4, -0.2) is 62.8 Å². The highest BCUT2D eigenvalue weighted by molar-refractivity contribution is 7.89. The van der Waals surface area contributed by atoms with E-state index in [0.29, 0.717) is 30.1 Å². The first kappa shape index (κ1) is 21.8. The summed E-state index contributed by atoms with van der Waals surface area (Å²) in [5.41, 5.74) is 0.894. The lowest BCUT2D eigenvalue weighted by Gasteiger charge is -2.41. The molecule has 2 heterocycles. The topological polar surface area (TPSA) is 60.9 Å². The van der Waals surface area contributed by atoms with Gasteiger partial charge in [0.1, 0.15) is 0 Å². The van der Waals surface area contributed by atoms with E-state index in [1.54, 1.807) is 34.5 Å². The van der Waals surface area contributed by atoms with Gasteiger partial charge in [-0.2, -0.15) is 4.31 Å². The second-order valence-electron chi connectivity index (χ2n) is 9.76. The molecule has 30 heavy (non-hydrogen) atoms. The molecule has 1 amide bonds. The minimum Gasteiger partial charge on any atom is -0.314 e. The van der Waals surface area contributed by atoms with Gasteiger partial charge in [0, 0.05) is 37.9 Å². The number of fused-ring (bicyclic) bond motifs is 1. The third kappa shape index (κ3) is 3.59. The molecule has 1 aromatic carbocycles. The Hall–Kier alpha value is -1.44. The van der Waals surface area contributed by atoms with Crippen LogP contribution in [0.1, 0.15) is 64.4 Å². The fourth-order valence-electron chi connectivity index (χ4n) is 5.54. The number of carbonyl (C=O) groups is 1. The molecular weight excluding hydrogens is 398 g/mol. The summed E-state index contributed by atoms with van der Waals surface area (Å²) in [6.45, 7) is 4.84. The molecule has 3 aliphatic rings. The summed E-state index contributed by atoms with van der Waals surface area (Å²) in [4.78, 5) is 17.0. The molecule has 1 saturated carbocycles. The van der Waals surface area contributed by atoms with Gasteiger partial charge in [-0.3, -0.25) is 4.79 Å². The van der Waals surface area contributed by atoms with Crippen molar-refractivity contribution in [3.63, 3.8) is 0 Å². The molecule has 2 aliphatic heterocycles. The quantitative estimate of drug-likeness (QED) is 0.731. The molecule has 1 saturated heterocycles. The van der Waals surface area contributed by atoms with E-state index in [0.717, 1.165) is 24.1 Å². The maximum atomic E-state index is 13.4. The lowest BCUT2D eigenvalue weighted by atomic mass is 9.86. The second-order valence-corrected chi connectivity index (χ2v) is 11.7. The van der Waals surface area contributed by atoms with Crippen molar-refractivity contribution in [3.05, 3.63) is 23.8 Å². The van der Waals surface area contributed by atoms with E-state index >= 15 is 0 Å². The maximum absolute atomic E-state index is 13.4. The van der Waals surface area contributed by atoms with Crippen LogP contribution in [0.2, 0.25) is 0 Å². The number of benzene rings is 1. The molecule has 4 rings (SSSR count). The molecule has 0 atom stereocenters. The number of carbonyl (C=O) groups excluding carboxylic acids is 1. The van der Waals surface area contributed by atoms with Gasteiger partial charge in [0.05, 0.1) is 10.3 Å². The van der Waals surface area contributed by atoms with E-state index in [4.69, 9.17) is 0 Å². The van der Waals surface area contributed by atoms with Gasteiger partial charge >= 0.3 is 0 Å². The molecule has 0 unspecified atom stereocenters. The molecule has 0 bridgehead atoms. The Morgan fingerprint density at radius 3 is 2.23 bits per heavy atom. The highest BCUT2D eigenvalue weighted by atomic mass is 32.2. The van der Waals surface area contributed by atoms with Crippen LogP contribution in [-0.2, 0) is 20.2 Å². The van der Waals surface area contributed by atoms with Gasteiger partial charge in [-0.1, -0.05) is 19.3 Å². The van der Waals surface area contributed by atoms with Crippen LogP contribution < -0.4 is 4.90 Å². The van der Waals surface area contributed by atoms with Gasteiger partial charge in [0.15, 0.2) is 0 Å². The summed E-state index contributed by atoms with van der Waals surface area (Å²) >= 11 is 0. The third-order valence-corrected chi connectivity index (χ3v) is 9.52. The number of hydrogen-bond acceptors (Lipinski definition) is 4. The Balaban J connectivity index is 1.48. The van der Waals surface area contributed by atoms with Crippen LogP contribution in [0, 0.1) is 0 Å². The lowest BCUT2D eigenvalue weighted by Crippen LogP contribution is -2.48. The van der Waals surface area contributed by atoms with Crippen LogP contribution in [0.5, 0.6) is 0 Å². The molecule has 2 fully saturated rings. The average molecular weight is 434 g/mol. The van der Waals surface area contributed by atoms with Crippen LogP contribution in [0.25, 0.3) is 0 Å². The lowest BCUT2D eigenvalue weighted by molar-refractivity contribution is -0.121. The Morgan fingerprint density at radius 1 is 1.00 bits per heavy atom. The Morgan fingerprint density at radius 2 is 1.60 bits per heavy atom. The Kier molecular flexibility index (Phi) is 5.75. The summed E-state index contributed by atoms with van der Waals surface area (Å²) < 4.78 is 28.3. The summed E-state index contributed by atoms with van der Waals surface area (Å²) in [5, 5.41) is 0. The third-order valence-electron chi connectivity index (χ3n) is 7.63. The number of likely N-dealkylation sites (N-methyl/N-ethyl adjacent to an activating group) is 1. The van der Waals surface area contributed by atoms with Gasteiger partial charge in [-0.05, 0) is 70.3 Å². The largest absolute Gasteiger partial charge is 0.314 e. The highest BCUT2D eigenvalue weighted by Gasteiger charge is 2.43. The molecule has 0 aromatic heterocycles. The Bertz CT molecular complexity index is 914. The number of rotatable bonds is 4. The summed E-state index contributed by atoms with van der Waals surface area (Å²) in [6, 6.07) is 6.26. The van der Waals surface area contributed by atoms with Crippen molar-refractivity contribution >= 4 is 21.6 Å². The molecule has 1 aliphatic carbocycles. The zero-order chi connectivity index (χ0) is 21.7. The monoisotopic (exact) mass is 433 g/mol. The summed E-state index contributed by atoms with van der Waals surface area (Å²) in [5.74, 6) is -0.00129.